The van der Waals surface area contributed by atoms with Gasteiger partial charge in [0, 0.05) is 19.6 Å². The van der Waals surface area contributed by atoms with Crippen LogP contribution in [-0.2, 0) is 0 Å². The summed E-state index contributed by atoms with van der Waals surface area (Å²) in [5.74, 6) is 0. The van der Waals surface area contributed by atoms with Gasteiger partial charge in [-0.3, -0.25) is 10.2 Å². The number of hydrogen-bond donors (Lipinski definition) is 2. The van der Waals surface area contributed by atoms with E-state index in [0.29, 0.717) is 0 Å². The minimum atomic E-state index is 0.227. The smallest absolute Gasteiger partial charge is 0.0862 e. The molecule has 14 heavy (non-hydrogen) atoms. The van der Waals surface area contributed by atoms with Crippen molar-refractivity contribution in [3.05, 3.63) is 35.9 Å². The molecule has 1 fully saturated rings. The second-order valence-corrected chi connectivity index (χ2v) is 3.53. The molecule has 3 nitrogen and oxygen atoms in total. The Hall–Kier alpha value is -0.900. The van der Waals surface area contributed by atoms with Gasteiger partial charge in [-0.05, 0) is 5.56 Å². The first-order chi connectivity index (χ1) is 6.92. The SMILES string of the molecule is OCCN1CCNC1c1ccccc1. The highest BCUT2D eigenvalue weighted by Crippen LogP contribution is 2.20. The van der Waals surface area contributed by atoms with Crippen molar-refractivity contribution in [3.63, 3.8) is 0 Å². The summed E-state index contributed by atoms with van der Waals surface area (Å²) in [6.45, 7) is 2.98. The van der Waals surface area contributed by atoms with Crippen molar-refractivity contribution in [2.75, 3.05) is 26.2 Å². The van der Waals surface area contributed by atoms with E-state index in [1.807, 2.05) is 18.2 Å². The number of nitrogens with one attached hydrogen (secondary N) is 1. The van der Waals surface area contributed by atoms with Crippen molar-refractivity contribution < 1.29 is 5.11 Å². The van der Waals surface area contributed by atoms with E-state index in [2.05, 4.69) is 22.3 Å². The van der Waals surface area contributed by atoms with Gasteiger partial charge in [0.15, 0.2) is 0 Å². The molecule has 76 valence electrons. The summed E-state index contributed by atoms with van der Waals surface area (Å²) < 4.78 is 0. The highest BCUT2D eigenvalue weighted by Gasteiger charge is 2.23. The lowest BCUT2D eigenvalue weighted by atomic mass is 10.1. The van der Waals surface area contributed by atoms with E-state index in [-0.39, 0.29) is 12.8 Å². The summed E-state index contributed by atoms with van der Waals surface area (Å²) in [7, 11) is 0. The van der Waals surface area contributed by atoms with Crippen LogP contribution in [0.4, 0.5) is 0 Å². The van der Waals surface area contributed by atoms with Crippen LogP contribution in [0, 0.1) is 0 Å². The first-order valence-electron chi connectivity index (χ1n) is 5.05. The van der Waals surface area contributed by atoms with E-state index in [1.165, 1.54) is 5.56 Å². The van der Waals surface area contributed by atoms with Gasteiger partial charge < -0.3 is 5.11 Å². The Morgan fingerprint density at radius 1 is 1.36 bits per heavy atom. The van der Waals surface area contributed by atoms with Crippen LogP contribution in [-0.4, -0.2) is 36.2 Å². The predicted octanol–water partition coefficient (Wildman–Crippen LogP) is 0.583. The van der Waals surface area contributed by atoms with E-state index in [1.54, 1.807) is 0 Å². The Labute approximate surface area is 84.4 Å². The molecule has 0 saturated carbocycles. The molecule has 0 spiro atoms. The van der Waals surface area contributed by atoms with Gasteiger partial charge in [0.1, 0.15) is 0 Å². The Morgan fingerprint density at radius 3 is 2.86 bits per heavy atom. The maximum atomic E-state index is 8.92. The van der Waals surface area contributed by atoms with Crippen LogP contribution in [0.1, 0.15) is 11.7 Å². The maximum Gasteiger partial charge on any atom is 0.0862 e. The van der Waals surface area contributed by atoms with Crippen LogP contribution in [0.25, 0.3) is 0 Å². The molecule has 1 aliphatic rings. The quantitative estimate of drug-likeness (QED) is 0.735. The lowest BCUT2D eigenvalue weighted by Crippen LogP contribution is -2.29. The zero-order valence-corrected chi connectivity index (χ0v) is 8.19. The Bertz CT molecular complexity index is 276. The zero-order chi connectivity index (χ0) is 9.80. The summed E-state index contributed by atoms with van der Waals surface area (Å²) in [4.78, 5) is 2.26. The Kier molecular flexibility index (Phi) is 3.14. The lowest BCUT2D eigenvalue weighted by molar-refractivity contribution is 0.179. The van der Waals surface area contributed by atoms with Gasteiger partial charge in [-0.2, -0.15) is 0 Å². The molecule has 2 rings (SSSR count). The molecule has 1 atom stereocenters. The molecule has 1 aromatic rings. The molecule has 1 aromatic carbocycles. The van der Waals surface area contributed by atoms with E-state index in [0.717, 1.165) is 19.6 Å². The number of nitrogens with zero attached hydrogens (tertiary/aromatic N) is 1. The molecule has 0 aliphatic carbocycles. The van der Waals surface area contributed by atoms with E-state index < -0.39 is 0 Å². The highest BCUT2D eigenvalue weighted by molar-refractivity contribution is 5.19. The number of hydrogen-bond acceptors (Lipinski definition) is 3. The molecular formula is C11H16N2O. The number of aliphatic hydroxyl groups is 1. The molecule has 0 bridgehead atoms. The van der Waals surface area contributed by atoms with Crippen LogP contribution in [0.15, 0.2) is 30.3 Å². The largest absolute Gasteiger partial charge is 0.395 e. The topological polar surface area (TPSA) is 35.5 Å². The summed E-state index contributed by atoms with van der Waals surface area (Å²) in [5, 5.41) is 12.3. The minimum absolute atomic E-state index is 0.227. The lowest BCUT2D eigenvalue weighted by Gasteiger charge is -2.23. The summed E-state index contributed by atoms with van der Waals surface area (Å²) in [5.41, 5.74) is 1.28. The fourth-order valence-corrected chi connectivity index (χ4v) is 1.94. The van der Waals surface area contributed by atoms with Crippen LogP contribution in [0.3, 0.4) is 0 Å². The molecule has 2 N–H and O–H groups in total. The average molecular weight is 192 g/mol. The van der Waals surface area contributed by atoms with Crippen LogP contribution < -0.4 is 5.32 Å². The Balaban J connectivity index is 2.10. The van der Waals surface area contributed by atoms with Crippen LogP contribution in [0.5, 0.6) is 0 Å². The molecule has 3 heteroatoms. The van der Waals surface area contributed by atoms with Crippen LogP contribution in [0.2, 0.25) is 0 Å². The van der Waals surface area contributed by atoms with E-state index >= 15 is 0 Å². The predicted molar refractivity (Wildman–Crippen MR) is 55.8 cm³/mol. The number of β-amino-alcohol motifs (C(OH)–C–C–N with tert-alkyl or cyclic N) is 1. The third-order valence-electron chi connectivity index (χ3n) is 2.60. The van der Waals surface area contributed by atoms with Gasteiger partial charge in [-0.1, -0.05) is 30.3 Å². The van der Waals surface area contributed by atoms with Gasteiger partial charge in [-0.15, -0.1) is 0 Å². The molecule has 0 radical (unpaired) electrons. The molecule has 1 unspecified atom stereocenters. The molecule has 1 aliphatic heterocycles. The zero-order valence-electron chi connectivity index (χ0n) is 8.19. The maximum absolute atomic E-state index is 8.92. The summed E-state index contributed by atoms with van der Waals surface area (Å²) in [6, 6.07) is 10.4. The highest BCUT2D eigenvalue weighted by atomic mass is 16.3. The van der Waals surface area contributed by atoms with Gasteiger partial charge in [0.05, 0.1) is 12.8 Å². The van der Waals surface area contributed by atoms with Crippen molar-refractivity contribution in [3.8, 4) is 0 Å². The van der Waals surface area contributed by atoms with E-state index in [4.69, 9.17) is 5.11 Å². The first-order valence-corrected chi connectivity index (χ1v) is 5.05. The van der Waals surface area contributed by atoms with E-state index in [9.17, 15) is 0 Å². The molecular weight excluding hydrogens is 176 g/mol. The van der Waals surface area contributed by atoms with Crippen molar-refractivity contribution >= 4 is 0 Å². The third-order valence-corrected chi connectivity index (χ3v) is 2.60. The van der Waals surface area contributed by atoms with Crippen molar-refractivity contribution in [2.24, 2.45) is 0 Å². The van der Waals surface area contributed by atoms with Crippen LogP contribution >= 0.6 is 0 Å². The van der Waals surface area contributed by atoms with Crippen molar-refractivity contribution in [1.29, 1.82) is 0 Å². The third kappa shape index (κ3) is 1.95. The first kappa shape index (κ1) is 9.65. The second kappa shape index (κ2) is 4.55. The minimum Gasteiger partial charge on any atom is -0.395 e. The van der Waals surface area contributed by atoms with Crippen molar-refractivity contribution in [2.45, 2.75) is 6.17 Å². The standard InChI is InChI=1S/C11H16N2O/c14-9-8-13-7-6-12-11(13)10-4-2-1-3-5-10/h1-5,11-12,14H,6-9H2. The molecule has 1 heterocycles. The average Bonchev–Trinajstić information content (AvgIpc) is 2.68. The van der Waals surface area contributed by atoms with Crippen molar-refractivity contribution in [1.82, 2.24) is 10.2 Å². The fourth-order valence-electron chi connectivity index (χ4n) is 1.94. The Morgan fingerprint density at radius 2 is 2.14 bits per heavy atom. The van der Waals surface area contributed by atoms with Gasteiger partial charge in [-0.25, -0.2) is 0 Å². The fraction of sp³-hybridized carbons (Fsp3) is 0.455. The molecule has 0 aromatic heterocycles. The van der Waals surface area contributed by atoms with Gasteiger partial charge in [0.2, 0.25) is 0 Å². The summed E-state index contributed by atoms with van der Waals surface area (Å²) >= 11 is 0. The number of rotatable bonds is 3. The summed E-state index contributed by atoms with van der Waals surface area (Å²) in [6.07, 6.45) is 0.281. The van der Waals surface area contributed by atoms with Gasteiger partial charge >= 0.3 is 0 Å². The number of benzene rings is 1. The number of aliphatic hydroxyl groups excluding tert-OH is 1. The normalized spacial score (nSPS) is 22.8. The molecule has 0 amide bonds. The molecule has 1 saturated heterocycles. The second-order valence-electron chi connectivity index (χ2n) is 3.53. The monoisotopic (exact) mass is 192 g/mol. The van der Waals surface area contributed by atoms with Gasteiger partial charge in [0.25, 0.3) is 0 Å².